The minimum atomic E-state index is -0.913. The van der Waals surface area contributed by atoms with Gasteiger partial charge >= 0.3 is 5.97 Å². The Kier molecular flexibility index (Phi) is 5.59. The van der Waals surface area contributed by atoms with Crippen LogP contribution in [0.3, 0.4) is 0 Å². The zero-order valence-corrected chi connectivity index (χ0v) is 14.0. The number of nitrogens with one attached hydrogen (secondary N) is 2. The van der Waals surface area contributed by atoms with Crippen molar-refractivity contribution >= 4 is 23.5 Å². The van der Waals surface area contributed by atoms with E-state index in [0.717, 1.165) is 0 Å². The zero-order valence-electron chi connectivity index (χ0n) is 14.0. The minimum absolute atomic E-state index is 0.172. The summed E-state index contributed by atoms with van der Waals surface area (Å²) in [5.74, 6) is -1.49. The van der Waals surface area contributed by atoms with Crippen LogP contribution in [0.4, 0.5) is 5.69 Å². The first-order chi connectivity index (χ1) is 11.8. The van der Waals surface area contributed by atoms with Crippen LogP contribution in [0.1, 0.15) is 41.2 Å². The van der Waals surface area contributed by atoms with Crippen molar-refractivity contribution in [1.82, 2.24) is 5.32 Å². The predicted octanol–water partition coefficient (Wildman–Crippen LogP) is 2.76. The first-order valence-electron chi connectivity index (χ1n) is 7.76. The maximum Gasteiger partial charge on any atom is 0.309 e. The molecule has 0 bridgehead atoms. The van der Waals surface area contributed by atoms with Crippen molar-refractivity contribution in [3.8, 4) is 0 Å². The predicted molar refractivity (Wildman–Crippen MR) is 91.5 cm³/mol. The van der Waals surface area contributed by atoms with Crippen LogP contribution in [0.15, 0.2) is 47.1 Å². The molecule has 0 aliphatic heterocycles. The maximum atomic E-state index is 12.2. The molecule has 7 nitrogen and oxygen atoms in total. The van der Waals surface area contributed by atoms with Gasteiger partial charge in [0.2, 0.25) is 0 Å². The number of carbonyl (C=O) groups excluding carboxylic acids is 2. The van der Waals surface area contributed by atoms with Crippen molar-refractivity contribution in [2.24, 2.45) is 5.41 Å². The number of furan rings is 1. The normalized spacial score (nSPS) is 11.0. The summed E-state index contributed by atoms with van der Waals surface area (Å²) in [5, 5.41) is 14.4. The average Bonchev–Trinajstić information content (AvgIpc) is 3.09. The van der Waals surface area contributed by atoms with Gasteiger partial charge < -0.3 is 20.2 Å². The van der Waals surface area contributed by atoms with E-state index in [1.165, 1.54) is 12.3 Å². The molecule has 2 aromatic rings. The molecule has 0 saturated carbocycles. The summed E-state index contributed by atoms with van der Waals surface area (Å²) < 4.78 is 5.01. The summed E-state index contributed by atoms with van der Waals surface area (Å²) >= 11 is 0. The van der Waals surface area contributed by atoms with E-state index in [-0.39, 0.29) is 18.2 Å². The molecule has 0 aliphatic rings. The Morgan fingerprint density at radius 3 is 2.52 bits per heavy atom. The molecule has 1 aromatic heterocycles. The highest BCUT2D eigenvalue weighted by Crippen LogP contribution is 2.19. The standard InChI is InChI=1S/C18H20N2O5/c1-18(2,17(23)24)8-9-19-15(21)12-5-3-6-13(11-12)20-16(22)14-7-4-10-25-14/h3-7,10-11H,8-9H2,1-2H3,(H,19,21)(H,20,22)(H,23,24). The molecule has 1 aromatic carbocycles. The lowest BCUT2D eigenvalue weighted by Crippen LogP contribution is -2.32. The number of carbonyl (C=O) groups is 3. The SMILES string of the molecule is CC(C)(CCNC(=O)c1cccc(NC(=O)c2ccco2)c1)C(=O)O. The minimum Gasteiger partial charge on any atom is -0.481 e. The number of anilines is 1. The lowest BCUT2D eigenvalue weighted by atomic mass is 9.90. The number of hydrogen-bond donors (Lipinski definition) is 3. The summed E-state index contributed by atoms with van der Waals surface area (Å²) in [6.45, 7) is 3.44. The fourth-order valence-corrected chi connectivity index (χ4v) is 2.04. The lowest BCUT2D eigenvalue weighted by Gasteiger charge is -2.18. The van der Waals surface area contributed by atoms with Crippen LogP contribution in [-0.2, 0) is 4.79 Å². The number of carboxylic acids is 1. The summed E-state index contributed by atoms with van der Waals surface area (Å²) in [5.41, 5.74) is -0.0862. The van der Waals surface area contributed by atoms with Gasteiger partial charge in [0.25, 0.3) is 11.8 Å². The van der Waals surface area contributed by atoms with E-state index in [9.17, 15) is 14.4 Å². The average molecular weight is 344 g/mol. The molecule has 0 saturated heterocycles. The van der Waals surface area contributed by atoms with Crippen LogP contribution in [0, 0.1) is 5.41 Å². The second kappa shape index (κ2) is 7.65. The molecular formula is C18H20N2O5. The lowest BCUT2D eigenvalue weighted by molar-refractivity contribution is -0.147. The Labute approximate surface area is 145 Å². The van der Waals surface area contributed by atoms with Crippen LogP contribution in [0.5, 0.6) is 0 Å². The highest BCUT2D eigenvalue weighted by molar-refractivity contribution is 6.03. The summed E-state index contributed by atoms with van der Waals surface area (Å²) in [4.78, 5) is 35.2. The molecule has 0 unspecified atom stereocenters. The van der Waals surface area contributed by atoms with E-state index >= 15 is 0 Å². The highest BCUT2D eigenvalue weighted by Gasteiger charge is 2.26. The summed E-state index contributed by atoms with van der Waals surface area (Å²) in [7, 11) is 0. The number of carboxylic acid groups (broad SMARTS) is 1. The number of aliphatic carboxylic acids is 1. The van der Waals surface area contributed by atoms with Crippen LogP contribution in [0.25, 0.3) is 0 Å². The number of hydrogen-bond acceptors (Lipinski definition) is 4. The third-order valence-electron chi connectivity index (χ3n) is 3.74. The second-order valence-corrected chi connectivity index (χ2v) is 6.21. The fourth-order valence-electron chi connectivity index (χ4n) is 2.04. The molecule has 3 N–H and O–H groups in total. The van der Waals surface area contributed by atoms with Gasteiger partial charge in [-0.05, 0) is 50.6 Å². The zero-order chi connectivity index (χ0) is 18.4. The van der Waals surface area contributed by atoms with E-state index in [1.807, 2.05) is 0 Å². The summed E-state index contributed by atoms with van der Waals surface area (Å²) in [6.07, 6.45) is 1.71. The molecule has 1 heterocycles. The molecule has 0 spiro atoms. The van der Waals surface area contributed by atoms with Gasteiger partial charge in [0, 0.05) is 17.8 Å². The van der Waals surface area contributed by atoms with Gasteiger partial charge in [-0.15, -0.1) is 0 Å². The van der Waals surface area contributed by atoms with Crippen molar-refractivity contribution in [2.75, 3.05) is 11.9 Å². The molecule has 2 amide bonds. The third-order valence-corrected chi connectivity index (χ3v) is 3.74. The Morgan fingerprint density at radius 1 is 1.12 bits per heavy atom. The van der Waals surface area contributed by atoms with Crippen LogP contribution in [0.2, 0.25) is 0 Å². The largest absolute Gasteiger partial charge is 0.481 e. The van der Waals surface area contributed by atoms with Gasteiger partial charge in [-0.3, -0.25) is 14.4 Å². The van der Waals surface area contributed by atoms with E-state index in [2.05, 4.69) is 10.6 Å². The van der Waals surface area contributed by atoms with E-state index in [4.69, 9.17) is 9.52 Å². The first kappa shape index (κ1) is 18.3. The Balaban J connectivity index is 1.95. The molecule has 132 valence electrons. The number of benzene rings is 1. The molecule has 0 aliphatic carbocycles. The van der Waals surface area contributed by atoms with Crippen molar-refractivity contribution in [3.63, 3.8) is 0 Å². The Bertz CT molecular complexity index is 766. The van der Waals surface area contributed by atoms with Crippen molar-refractivity contribution in [2.45, 2.75) is 20.3 Å². The quantitative estimate of drug-likeness (QED) is 0.715. The van der Waals surface area contributed by atoms with Gasteiger partial charge in [0.1, 0.15) is 0 Å². The van der Waals surface area contributed by atoms with E-state index in [1.54, 1.807) is 44.2 Å². The second-order valence-electron chi connectivity index (χ2n) is 6.21. The maximum absolute atomic E-state index is 12.2. The molecule has 0 atom stereocenters. The fraction of sp³-hybridized carbons (Fsp3) is 0.278. The van der Waals surface area contributed by atoms with Crippen LogP contribution >= 0.6 is 0 Å². The van der Waals surface area contributed by atoms with Crippen molar-refractivity contribution in [1.29, 1.82) is 0 Å². The van der Waals surface area contributed by atoms with E-state index < -0.39 is 17.3 Å². The molecule has 7 heteroatoms. The van der Waals surface area contributed by atoms with E-state index in [0.29, 0.717) is 17.7 Å². The van der Waals surface area contributed by atoms with Crippen molar-refractivity contribution in [3.05, 3.63) is 54.0 Å². The van der Waals surface area contributed by atoms with Crippen LogP contribution < -0.4 is 10.6 Å². The first-order valence-corrected chi connectivity index (χ1v) is 7.76. The molecule has 2 rings (SSSR count). The Morgan fingerprint density at radius 2 is 1.88 bits per heavy atom. The van der Waals surface area contributed by atoms with Gasteiger partial charge in [0.15, 0.2) is 5.76 Å². The molecule has 0 fully saturated rings. The molecule has 0 radical (unpaired) electrons. The number of amides is 2. The monoisotopic (exact) mass is 344 g/mol. The number of rotatable bonds is 7. The van der Waals surface area contributed by atoms with Crippen LogP contribution in [-0.4, -0.2) is 29.4 Å². The van der Waals surface area contributed by atoms with Gasteiger partial charge in [-0.2, -0.15) is 0 Å². The third kappa shape index (κ3) is 4.94. The summed E-state index contributed by atoms with van der Waals surface area (Å²) in [6, 6.07) is 9.60. The smallest absolute Gasteiger partial charge is 0.309 e. The molecule has 25 heavy (non-hydrogen) atoms. The Hall–Kier alpha value is -3.09. The van der Waals surface area contributed by atoms with Crippen molar-refractivity contribution < 1.29 is 23.9 Å². The van der Waals surface area contributed by atoms with Gasteiger partial charge in [-0.1, -0.05) is 6.07 Å². The highest BCUT2D eigenvalue weighted by atomic mass is 16.4. The molecular weight excluding hydrogens is 324 g/mol. The van der Waals surface area contributed by atoms with Gasteiger partial charge in [-0.25, -0.2) is 0 Å². The topological polar surface area (TPSA) is 109 Å². The van der Waals surface area contributed by atoms with Gasteiger partial charge in [0.05, 0.1) is 11.7 Å².